The summed E-state index contributed by atoms with van der Waals surface area (Å²) in [6.07, 6.45) is 4.92. The number of carboxylic acids is 1. The number of aromatic nitrogens is 3. The molecule has 0 spiro atoms. The number of carbonyl (C=O) groups is 3. The SMILES string of the molecule is Cc1c(NC(=O)c2ccc(C3CC3)cc2)cccc1-c1ncnc2[nH]c(-c3ccc(C(=O)N4CCC(C(=O)O)CC4)cc3)cc12. The van der Waals surface area contributed by atoms with Gasteiger partial charge in [0, 0.05) is 46.5 Å². The lowest BCUT2D eigenvalue weighted by Gasteiger charge is -2.30. The third kappa shape index (κ3) is 5.69. The minimum Gasteiger partial charge on any atom is -0.481 e. The van der Waals surface area contributed by atoms with Crippen LogP contribution in [0.15, 0.2) is 79.1 Å². The predicted molar refractivity (Wildman–Crippen MR) is 172 cm³/mol. The molecule has 2 aliphatic rings. The number of hydrogen-bond acceptors (Lipinski definition) is 5. The third-order valence-electron chi connectivity index (χ3n) is 9.06. The summed E-state index contributed by atoms with van der Waals surface area (Å²) < 4.78 is 0. The zero-order valence-electron chi connectivity index (χ0n) is 24.9. The first-order valence-corrected chi connectivity index (χ1v) is 15.3. The molecule has 226 valence electrons. The Balaban J connectivity index is 1.10. The van der Waals surface area contributed by atoms with Gasteiger partial charge in [0.2, 0.25) is 0 Å². The van der Waals surface area contributed by atoms with Crippen molar-refractivity contribution in [1.82, 2.24) is 19.9 Å². The third-order valence-corrected chi connectivity index (χ3v) is 9.06. The number of rotatable bonds is 7. The largest absolute Gasteiger partial charge is 0.481 e. The molecule has 1 aliphatic carbocycles. The highest BCUT2D eigenvalue weighted by Crippen LogP contribution is 2.40. The second-order valence-electron chi connectivity index (χ2n) is 12.0. The molecule has 0 atom stereocenters. The van der Waals surface area contributed by atoms with Crippen LogP contribution in [0.25, 0.3) is 33.5 Å². The maximum absolute atomic E-state index is 13.1. The van der Waals surface area contributed by atoms with Gasteiger partial charge in [-0.25, -0.2) is 9.97 Å². The molecule has 1 saturated carbocycles. The van der Waals surface area contributed by atoms with Gasteiger partial charge in [-0.3, -0.25) is 14.4 Å². The number of amides is 2. The highest BCUT2D eigenvalue weighted by molar-refractivity contribution is 6.05. The summed E-state index contributed by atoms with van der Waals surface area (Å²) in [6.45, 7) is 2.86. The smallest absolute Gasteiger partial charge is 0.306 e. The Bertz CT molecular complexity index is 1920. The average molecular weight is 600 g/mol. The molecule has 1 aliphatic heterocycles. The quantitative estimate of drug-likeness (QED) is 0.192. The van der Waals surface area contributed by atoms with Crippen molar-refractivity contribution < 1.29 is 19.5 Å². The maximum Gasteiger partial charge on any atom is 0.306 e. The molecule has 1 saturated heterocycles. The van der Waals surface area contributed by atoms with Gasteiger partial charge in [0.05, 0.1) is 11.6 Å². The second-order valence-corrected chi connectivity index (χ2v) is 12.0. The summed E-state index contributed by atoms with van der Waals surface area (Å²) in [7, 11) is 0. The van der Waals surface area contributed by atoms with Crippen molar-refractivity contribution in [2.75, 3.05) is 18.4 Å². The molecule has 2 aromatic heterocycles. The molecule has 3 aromatic carbocycles. The summed E-state index contributed by atoms with van der Waals surface area (Å²) in [5.74, 6) is -0.776. The highest BCUT2D eigenvalue weighted by atomic mass is 16.4. The Kier molecular flexibility index (Phi) is 7.37. The number of likely N-dealkylation sites (tertiary alicyclic amines) is 1. The van der Waals surface area contributed by atoms with E-state index in [4.69, 9.17) is 0 Å². The van der Waals surface area contributed by atoms with Crippen molar-refractivity contribution in [2.45, 2.75) is 38.5 Å². The number of hydrogen-bond donors (Lipinski definition) is 3. The molecule has 0 radical (unpaired) electrons. The van der Waals surface area contributed by atoms with E-state index in [1.165, 1.54) is 24.7 Å². The molecule has 3 heterocycles. The Morgan fingerprint density at radius 3 is 2.29 bits per heavy atom. The van der Waals surface area contributed by atoms with Crippen LogP contribution in [0, 0.1) is 12.8 Å². The van der Waals surface area contributed by atoms with Gasteiger partial charge in [-0.1, -0.05) is 36.4 Å². The van der Waals surface area contributed by atoms with E-state index in [1.807, 2.05) is 55.5 Å². The van der Waals surface area contributed by atoms with Crippen molar-refractivity contribution in [3.05, 3.63) is 101 Å². The molecule has 5 aromatic rings. The van der Waals surface area contributed by atoms with Crippen molar-refractivity contribution in [2.24, 2.45) is 5.92 Å². The zero-order chi connectivity index (χ0) is 31.1. The minimum absolute atomic E-state index is 0.0899. The van der Waals surface area contributed by atoms with E-state index >= 15 is 0 Å². The fourth-order valence-electron chi connectivity index (χ4n) is 6.16. The van der Waals surface area contributed by atoms with Gasteiger partial charge in [-0.05, 0) is 91.6 Å². The molecule has 45 heavy (non-hydrogen) atoms. The predicted octanol–water partition coefficient (Wildman–Crippen LogP) is 6.67. The molecule has 3 N–H and O–H groups in total. The van der Waals surface area contributed by atoms with Crippen LogP contribution in [0.4, 0.5) is 5.69 Å². The van der Waals surface area contributed by atoms with E-state index in [1.54, 1.807) is 17.0 Å². The van der Waals surface area contributed by atoms with Crippen LogP contribution in [0.1, 0.15) is 63.4 Å². The number of anilines is 1. The van der Waals surface area contributed by atoms with E-state index in [0.717, 1.165) is 39.2 Å². The average Bonchev–Trinajstić information content (AvgIpc) is 3.83. The monoisotopic (exact) mass is 599 g/mol. The van der Waals surface area contributed by atoms with Crippen LogP contribution >= 0.6 is 0 Å². The number of aromatic amines is 1. The standard InChI is InChI=1S/C36H33N5O4/c1-21-28(3-2-4-30(21)40-34(42)25-11-7-23(8-12-25)22-5-6-22)32-29-19-31(39-33(29)38-20-37-32)24-9-13-26(14-10-24)35(43)41-17-15-27(16-18-41)36(44)45/h2-4,7-14,19-20,22,27H,5-6,15-18H2,1H3,(H,40,42)(H,44,45)(H,37,38,39). The number of carboxylic acid groups (broad SMARTS) is 1. The van der Waals surface area contributed by atoms with E-state index in [2.05, 4.69) is 32.4 Å². The number of nitrogens with zero attached hydrogens (tertiary/aromatic N) is 3. The molecule has 0 bridgehead atoms. The van der Waals surface area contributed by atoms with Crippen molar-refractivity contribution >= 4 is 34.5 Å². The summed E-state index contributed by atoms with van der Waals surface area (Å²) in [6, 6.07) is 23.1. The Morgan fingerprint density at radius 2 is 1.60 bits per heavy atom. The number of aliphatic carboxylic acids is 1. The normalized spacial score (nSPS) is 15.3. The summed E-state index contributed by atoms with van der Waals surface area (Å²) in [4.78, 5) is 51.6. The van der Waals surface area contributed by atoms with Crippen LogP contribution in [0.5, 0.6) is 0 Å². The van der Waals surface area contributed by atoms with Crippen molar-refractivity contribution in [3.8, 4) is 22.5 Å². The first kappa shape index (κ1) is 28.5. The highest BCUT2D eigenvalue weighted by Gasteiger charge is 2.28. The first-order chi connectivity index (χ1) is 21.9. The molecule has 9 heteroatoms. The van der Waals surface area contributed by atoms with Crippen molar-refractivity contribution in [3.63, 3.8) is 0 Å². The topological polar surface area (TPSA) is 128 Å². The van der Waals surface area contributed by atoms with Crippen LogP contribution in [-0.4, -0.2) is 55.8 Å². The molecule has 7 rings (SSSR count). The maximum atomic E-state index is 13.1. The van der Waals surface area contributed by atoms with E-state index < -0.39 is 5.97 Å². The lowest BCUT2D eigenvalue weighted by atomic mass is 9.96. The van der Waals surface area contributed by atoms with Crippen LogP contribution in [-0.2, 0) is 4.79 Å². The molecular weight excluding hydrogens is 566 g/mol. The van der Waals surface area contributed by atoms with Gasteiger partial charge in [-0.15, -0.1) is 0 Å². The Morgan fingerprint density at radius 1 is 0.889 bits per heavy atom. The number of nitrogens with one attached hydrogen (secondary N) is 2. The molecule has 9 nitrogen and oxygen atoms in total. The number of H-pyrrole nitrogens is 1. The fraction of sp³-hybridized carbons (Fsp3) is 0.250. The molecule has 0 unspecified atom stereocenters. The first-order valence-electron chi connectivity index (χ1n) is 15.3. The van der Waals surface area contributed by atoms with E-state index in [0.29, 0.717) is 48.6 Å². The lowest BCUT2D eigenvalue weighted by Crippen LogP contribution is -2.40. The summed E-state index contributed by atoms with van der Waals surface area (Å²) in [5, 5.41) is 13.2. The van der Waals surface area contributed by atoms with Gasteiger partial charge in [0.25, 0.3) is 11.8 Å². The van der Waals surface area contributed by atoms with Gasteiger partial charge < -0.3 is 20.3 Å². The Labute approximate surface area is 260 Å². The van der Waals surface area contributed by atoms with E-state index in [9.17, 15) is 19.5 Å². The Hall–Kier alpha value is -5.31. The van der Waals surface area contributed by atoms with E-state index in [-0.39, 0.29) is 17.7 Å². The van der Waals surface area contributed by atoms with Gasteiger partial charge in [-0.2, -0.15) is 0 Å². The van der Waals surface area contributed by atoms with Crippen LogP contribution < -0.4 is 5.32 Å². The number of benzene rings is 3. The van der Waals surface area contributed by atoms with Crippen LogP contribution in [0.3, 0.4) is 0 Å². The minimum atomic E-state index is -0.794. The number of piperidine rings is 1. The lowest BCUT2D eigenvalue weighted by molar-refractivity contribution is -0.143. The number of fused-ring (bicyclic) bond motifs is 1. The fourth-order valence-corrected chi connectivity index (χ4v) is 6.16. The molecule has 2 fully saturated rings. The van der Waals surface area contributed by atoms with Gasteiger partial charge in [0.1, 0.15) is 12.0 Å². The zero-order valence-corrected chi connectivity index (χ0v) is 24.9. The number of carbonyl (C=O) groups excluding carboxylic acids is 2. The summed E-state index contributed by atoms with van der Waals surface area (Å²) >= 11 is 0. The van der Waals surface area contributed by atoms with Gasteiger partial charge >= 0.3 is 5.97 Å². The second kappa shape index (κ2) is 11.6. The molecule has 2 amide bonds. The molecular formula is C36H33N5O4. The van der Waals surface area contributed by atoms with Crippen molar-refractivity contribution in [1.29, 1.82) is 0 Å². The van der Waals surface area contributed by atoms with Gasteiger partial charge in [0.15, 0.2) is 0 Å². The van der Waals surface area contributed by atoms with Crippen LogP contribution in [0.2, 0.25) is 0 Å². The summed E-state index contributed by atoms with van der Waals surface area (Å²) in [5.41, 5.74) is 8.16.